The highest BCUT2D eigenvalue weighted by Gasteiger charge is 2.08. The number of rotatable bonds is 9. The normalized spacial score (nSPS) is 11.5. The smallest absolute Gasteiger partial charge is 0.404 e. The van der Waals surface area contributed by atoms with Crippen LogP contribution in [0, 0.1) is 0 Å². The van der Waals surface area contributed by atoms with E-state index < -0.39 is 6.09 Å². The van der Waals surface area contributed by atoms with Crippen LogP contribution < -0.4 is 15.4 Å². The van der Waals surface area contributed by atoms with Gasteiger partial charge in [-0.3, -0.25) is 0 Å². The molecule has 9 heteroatoms. The number of amides is 1. The molecule has 130 valence electrons. The molecule has 0 aliphatic rings. The number of hydrogen-bond acceptors (Lipinski definition) is 6. The van der Waals surface area contributed by atoms with Crippen molar-refractivity contribution in [2.24, 2.45) is 0 Å². The monoisotopic (exact) mass is 339 g/mol. The maximum absolute atomic E-state index is 12.7. The van der Waals surface area contributed by atoms with Gasteiger partial charge in [0, 0.05) is 31.8 Å². The maximum atomic E-state index is 12.7. The van der Waals surface area contributed by atoms with Crippen LogP contribution in [-0.2, 0) is 4.74 Å². The van der Waals surface area contributed by atoms with E-state index in [-0.39, 0.29) is 18.7 Å². The summed E-state index contributed by atoms with van der Waals surface area (Å²) >= 11 is 0. The van der Waals surface area contributed by atoms with Crippen LogP contribution >= 0.6 is 0 Å². The number of aromatic nitrogens is 1. The van der Waals surface area contributed by atoms with Crippen molar-refractivity contribution in [2.45, 2.75) is 0 Å². The number of nitrogens with one attached hydrogen (secondary N) is 2. The first-order valence-electron chi connectivity index (χ1n) is 7.13. The molecule has 0 spiro atoms. The Balaban J connectivity index is 1.95. The fourth-order valence-corrected chi connectivity index (χ4v) is 1.82. The van der Waals surface area contributed by atoms with Gasteiger partial charge in [0.2, 0.25) is 0 Å². The summed E-state index contributed by atoms with van der Waals surface area (Å²) in [5.41, 5.74) is 1.33. The van der Waals surface area contributed by atoms with E-state index in [9.17, 15) is 9.18 Å². The summed E-state index contributed by atoms with van der Waals surface area (Å²) in [6.07, 6.45) is -0.910. The molecule has 0 saturated heterocycles. The number of methoxy groups -OCH3 is 1. The van der Waals surface area contributed by atoms with Gasteiger partial charge in [-0.2, -0.15) is 4.98 Å². The second-order valence-corrected chi connectivity index (χ2v) is 4.78. The van der Waals surface area contributed by atoms with Crippen LogP contribution in [0.2, 0.25) is 0 Å². The first-order valence-corrected chi connectivity index (χ1v) is 7.13. The zero-order valence-corrected chi connectivity index (χ0v) is 13.0. The average Bonchev–Trinajstić information content (AvgIpc) is 2.97. The molecule has 0 aliphatic heterocycles. The molecule has 0 atom stereocenters. The summed E-state index contributed by atoms with van der Waals surface area (Å²) in [6.45, 7) is 0.850. The quantitative estimate of drug-likeness (QED) is 0.602. The molecule has 1 aromatic carbocycles. The SMILES string of the molecule is COCCNc1nc2ccc(OC/C(=C\F)CNC(=O)O)cc2o1. The Hall–Kier alpha value is -2.81. The molecule has 0 unspecified atom stereocenters. The third-order valence-electron chi connectivity index (χ3n) is 2.99. The summed E-state index contributed by atoms with van der Waals surface area (Å²) in [7, 11) is 1.60. The van der Waals surface area contributed by atoms with Crippen molar-refractivity contribution < 1.29 is 28.2 Å². The molecule has 24 heavy (non-hydrogen) atoms. The second kappa shape index (κ2) is 8.73. The number of fused-ring (bicyclic) bond motifs is 1. The van der Waals surface area contributed by atoms with Gasteiger partial charge in [-0.15, -0.1) is 0 Å². The number of halogens is 1. The van der Waals surface area contributed by atoms with Crippen LogP contribution in [0.25, 0.3) is 11.1 Å². The van der Waals surface area contributed by atoms with E-state index in [4.69, 9.17) is 19.0 Å². The molecule has 2 rings (SSSR count). The molecular weight excluding hydrogens is 321 g/mol. The third kappa shape index (κ3) is 5.13. The maximum Gasteiger partial charge on any atom is 0.404 e. The van der Waals surface area contributed by atoms with Gasteiger partial charge in [-0.05, 0) is 12.1 Å². The van der Waals surface area contributed by atoms with E-state index in [1.54, 1.807) is 25.3 Å². The Morgan fingerprint density at radius 1 is 1.50 bits per heavy atom. The molecule has 0 aliphatic carbocycles. The van der Waals surface area contributed by atoms with Crippen LogP contribution in [0.1, 0.15) is 0 Å². The molecule has 1 aromatic heterocycles. The Morgan fingerprint density at radius 2 is 2.33 bits per heavy atom. The van der Waals surface area contributed by atoms with Crippen LogP contribution in [0.3, 0.4) is 0 Å². The number of anilines is 1. The first-order chi connectivity index (χ1) is 11.6. The van der Waals surface area contributed by atoms with Gasteiger partial charge < -0.3 is 29.6 Å². The van der Waals surface area contributed by atoms with Crippen molar-refractivity contribution in [3.05, 3.63) is 30.1 Å². The number of hydrogen-bond donors (Lipinski definition) is 3. The molecule has 0 saturated carbocycles. The minimum atomic E-state index is -1.23. The van der Waals surface area contributed by atoms with Gasteiger partial charge in [0.05, 0.1) is 12.9 Å². The zero-order chi connectivity index (χ0) is 17.4. The molecule has 2 aromatic rings. The summed E-state index contributed by atoms with van der Waals surface area (Å²) in [5.74, 6) is 0.455. The highest BCUT2D eigenvalue weighted by molar-refractivity contribution is 5.76. The van der Waals surface area contributed by atoms with Gasteiger partial charge >= 0.3 is 6.09 Å². The lowest BCUT2D eigenvalue weighted by Gasteiger charge is -2.08. The summed E-state index contributed by atoms with van der Waals surface area (Å²) < 4.78 is 28.6. The average molecular weight is 339 g/mol. The third-order valence-corrected chi connectivity index (χ3v) is 2.99. The topological polar surface area (TPSA) is 106 Å². The Kier molecular flexibility index (Phi) is 6.38. The number of ether oxygens (including phenoxy) is 2. The predicted molar refractivity (Wildman–Crippen MR) is 85.1 cm³/mol. The lowest BCUT2D eigenvalue weighted by atomic mass is 10.3. The van der Waals surface area contributed by atoms with Crippen molar-refractivity contribution in [1.29, 1.82) is 0 Å². The minimum absolute atomic E-state index is 0.0879. The summed E-state index contributed by atoms with van der Waals surface area (Å²) in [5, 5.41) is 13.6. The Morgan fingerprint density at radius 3 is 3.04 bits per heavy atom. The molecular formula is C15H18FN3O5. The molecule has 0 radical (unpaired) electrons. The standard InChI is InChI=1S/C15H18FN3O5/c1-22-5-4-17-14-19-12-3-2-11(6-13(12)24-14)23-9-10(7-16)8-18-15(20)21/h2-3,6-7,18H,4-5,8-9H2,1H3,(H,17,19)(H,20,21)/b10-7-. The van der Waals surface area contributed by atoms with Crippen LogP contribution in [-0.4, -0.2) is 49.6 Å². The van der Waals surface area contributed by atoms with Crippen LogP contribution in [0.15, 0.2) is 34.5 Å². The predicted octanol–water partition coefficient (Wildman–Crippen LogP) is 2.39. The van der Waals surface area contributed by atoms with Gasteiger partial charge in [-0.25, -0.2) is 9.18 Å². The van der Waals surface area contributed by atoms with E-state index in [1.165, 1.54) is 0 Å². The largest absolute Gasteiger partial charge is 0.489 e. The van der Waals surface area contributed by atoms with Crippen molar-refractivity contribution >= 4 is 23.2 Å². The Bertz CT molecular complexity index is 716. The molecule has 3 N–H and O–H groups in total. The number of nitrogens with zero attached hydrogens (tertiary/aromatic N) is 1. The molecule has 0 fully saturated rings. The summed E-state index contributed by atoms with van der Waals surface area (Å²) in [6, 6.07) is 5.38. The Labute approximate surface area is 137 Å². The zero-order valence-electron chi connectivity index (χ0n) is 13.0. The van der Waals surface area contributed by atoms with Crippen molar-refractivity contribution in [3.63, 3.8) is 0 Å². The van der Waals surface area contributed by atoms with Gasteiger partial charge in [0.15, 0.2) is 5.58 Å². The van der Waals surface area contributed by atoms with Crippen LogP contribution in [0.5, 0.6) is 5.75 Å². The number of carbonyl (C=O) groups is 1. The molecule has 1 heterocycles. The van der Waals surface area contributed by atoms with Gasteiger partial charge in [0.1, 0.15) is 17.9 Å². The summed E-state index contributed by atoms with van der Waals surface area (Å²) in [4.78, 5) is 14.7. The van der Waals surface area contributed by atoms with E-state index in [0.717, 1.165) is 0 Å². The van der Waals surface area contributed by atoms with E-state index in [2.05, 4.69) is 15.6 Å². The number of carboxylic acid groups (broad SMARTS) is 1. The van der Waals surface area contributed by atoms with Gasteiger partial charge in [-0.1, -0.05) is 0 Å². The highest BCUT2D eigenvalue weighted by Crippen LogP contribution is 2.24. The fourth-order valence-electron chi connectivity index (χ4n) is 1.82. The lowest BCUT2D eigenvalue weighted by Crippen LogP contribution is -2.25. The number of oxazole rings is 1. The van der Waals surface area contributed by atoms with E-state index in [1.807, 2.05) is 0 Å². The lowest BCUT2D eigenvalue weighted by molar-refractivity contribution is 0.195. The van der Waals surface area contributed by atoms with Crippen molar-refractivity contribution in [3.8, 4) is 5.75 Å². The second-order valence-electron chi connectivity index (χ2n) is 4.78. The van der Waals surface area contributed by atoms with Gasteiger partial charge in [0.25, 0.3) is 6.01 Å². The van der Waals surface area contributed by atoms with Crippen molar-refractivity contribution in [2.75, 3.05) is 38.7 Å². The number of benzene rings is 1. The molecule has 0 bridgehead atoms. The molecule has 8 nitrogen and oxygen atoms in total. The van der Waals surface area contributed by atoms with Crippen molar-refractivity contribution in [1.82, 2.24) is 10.3 Å². The van der Waals surface area contributed by atoms with Crippen LogP contribution in [0.4, 0.5) is 15.2 Å². The molecule has 1 amide bonds. The van der Waals surface area contributed by atoms with E-state index in [0.29, 0.717) is 42.3 Å². The first kappa shape index (κ1) is 17.5. The highest BCUT2D eigenvalue weighted by atomic mass is 19.1. The fraction of sp³-hybridized carbons (Fsp3) is 0.333. The minimum Gasteiger partial charge on any atom is -0.489 e. The van der Waals surface area contributed by atoms with E-state index >= 15 is 0 Å².